The van der Waals surface area contributed by atoms with Crippen molar-refractivity contribution >= 4 is 35.8 Å². The van der Waals surface area contributed by atoms with E-state index in [1.54, 1.807) is 6.92 Å². The number of hydrogen-bond acceptors (Lipinski definition) is 3. The standard InChI is InChI=1S/C17H35N5O.HI/c1-3-4-5-6-7-8-9-19-17(18)20-10-11-21-12-14-22(15-13-21)16(2)23;/h3-15H2,1-2H3,(H3,18,19,20);1H. The van der Waals surface area contributed by atoms with E-state index in [1.165, 1.54) is 32.1 Å². The van der Waals surface area contributed by atoms with Crippen LogP contribution in [0.5, 0.6) is 0 Å². The SMILES string of the molecule is CCCCCCCCN=C(N)NCCN1CCN(C(C)=O)CC1.I. The van der Waals surface area contributed by atoms with Gasteiger partial charge in [0.25, 0.3) is 0 Å². The van der Waals surface area contributed by atoms with E-state index < -0.39 is 0 Å². The van der Waals surface area contributed by atoms with Crippen molar-refractivity contribution in [3.63, 3.8) is 0 Å². The van der Waals surface area contributed by atoms with Gasteiger partial charge in [0.05, 0.1) is 0 Å². The molecule has 0 bridgehead atoms. The molecule has 142 valence electrons. The van der Waals surface area contributed by atoms with Gasteiger partial charge in [0.2, 0.25) is 5.91 Å². The predicted molar refractivity (Wildman–Crippen MR) is 112 cm³/mol. The summed E-state index contributed by atoms with van der Waals surface area (Å²) in [5.41, 5.74) is 5.88. The fourth-order valence-corrected chi connectivity index (χ4v) is 2.78. The van der Waals surface area contributed by atoms with Gasteiger partial charge in [-0.3, -0.25) is 14.7 Å². The molecule has 0 spiro atoms. The van der Waals surface area contributed by atoms with Crippen LogP contribution in [-0.2, 0) is 4.79 Å². The number of piperazine rings is 1. The molecule has 0 aromatic heterocycles. The number of unbranched alkanes of at least 4 members (excludes halogenated alkanes) is 5. The maximum absolute atomic E-state index is 11.3. The Morgan fingerprint density at radius 3 is 2.33 bits per heavy atom. The molecule has 0 saturated carbocycles. The molecule has 1 fully saturated rings. The maximum Gasteiger partial charge on any atom is 0.219 e. The lowest BCUT2D eigenvalue weighted by Gasteiger charge is -2.34. The molecule has 1 aliphatic heterocycles. The first-order valence-electron chi connectivity index (χ1n) is 9.15. The number of amides is 1. The highest BCUT2D eigenvalue weighted by Crippen LogP contribution is 2.04. The van der Waals surface area contributed by atoms with Crippen LogP contribution in [0.1, 0.15) is 52.4 Å². The summed E-state index contributed by atoms with van der Waals surface area (Å²) in [5, 5.41) is 3.18. The lowest BCUT2D eigenvalue weighted by atomic mass is 10.1. The van der Waals surface area contributed by atoms with Crippen molar-refractivity contribution in [2.24, 2.45) is 10.7 Å². The van der Waals surface area contributed by atoms with E-state index in [1.807, 2.05) is 4.90 Å². The first-order chi connectivity index (χ1) is 11.1. The fourth-order valence-electron chi connectivity index (χ4n) is 2.78. The van der Waals surface area contributed by atoms with Gasteiger partial charge in [-0.15, -0.1) is 24.0 Å². The van der Waals surface area contributed by atoms with Crippen molar-refractivity contribution in [2.45, 2.75) is 52.4 Å². The molecule has 0 aliphatic carbocycles. The smallest absolute Gasteiger partial charge is 0.219 e. The fraction of sp³-hybridized carbons (Fsp3) is 0.882. The average Bonchev–Trinajstić information content (AvgIpc) is 2.54. The van der Waals surface area contributed by atoms with Crippen LogP contribution in [-0.4, -0.2) is 67.5 Å². The average molecular weight is 453 g/mol. The Morgan fingerprint density at radius 2 is 1.71 bits per heavy atom. The molecule has 1 amide bonds. The van der Waals surface area contributed by atoms with Crippen molar-refractivity contribution in [1.29, 1.82) is 0 Å². The van der Waals surface area contributed by atoms with E-state index >= 15 is 0 Å². The molecule has 0 atom stereocenters. The highest BCUT2D eigenvalue weighted by molar-refractivity contribution is 14.0. The van der Waals surface area contributed by atoms with E-state index in [4.69, 9.17) is 5.73 Å². The first-order valence-corrected chi connectivity index (χ1v) is 9.15. The van der Waals surface area contributed by atoms with Gasteiger partial charge in [0.15, 0.2) is 5.96 Å². The summed E-state index contributed by atoms with van der Waals surface area (Å²) in [5.74, 6) is 0.731. The number of rotatable bonds is 10. The molecule has 0 aromatic rings. The third kappa shape index (κ3) is 11.1. The van der Waals surface area contributed by atoms with E-state index in [9.17, 15) is 4.79 Å². The third-order valence-electron chi connectivity index (χ3n) is 4.35. The second kappa shape index (κ2) is 14.7. The molecule has 3 N–H and O–H groups in total. The Bertz CT molecular complexity index is 357. The van der Waals surface area contributed by atoms with Gasteiger partial charge in [-0.05, 0) is 6.42 Å². The van der Waals surface area contributed by atoms with E-state index in [2.05, 4.69) is 22.1 Å². The third-order valence-corrected chi connectivity index (χ3v) is 4.35. The van der Waals surface area contributed by atoms with Crippen LogP contribution in [0.4, 0.5) is 0 Å². The lowest BCUT2D eigenvalue weighted by Crippen LogP contribution is -2.50. The van der Waals surface area contributed by atoms with Crippen LogP contribution in [0, 0.1) is 0 Å². The zero-order valence-corrected chi connectivity index (χ0v) is 17.8. The second-order valence-electron chi connectivity index (χ2n) is 6.31. The first kappa shape index (κ1) is 23.4. The summed E-state index contributed by atoms with van der Waals surface area (Å²) < 4.78 is 0. The van der Waals surface area contributed by atoms with Crippen molar-refractivity contribution in [1.82, 2.24) is 15.1 Å². The topological polar surface area (TPSA) is 74.0 Å². The maximum atomic E-state index is 11.3. The Labute approximate surface area is 164 Å². The van der Waals surface area contributed by atoms with Crippen molar-refractivity contribution in [3.8, 4) is 0 Å². The Balaban J connectivity index is 0.00000529. The van der Waals surface area contributed by atoms with Crippen molar-refractivity contribution < 1.29 is 4.79 Å². The summed E-state index contributed by atoms with van der Waals surface area (Å²) in [4.78, 5) is 19.9. The number of nitrogens with one attached hydrogen (secondary N) is 1. The summed E-state index contributed by atoms with van der Waals surface area (Å²) >= 11 is 0. The molecule has 1 rings (SSSR count). The molecule has 1 saturated heterocycles. The summed E-state index contributed by atoms with van der Waals surface area (Å²) in [6, 6.07) is 0. The summed E-state index contributed by atoms with van der Waals surface area (Å²) in [7, 11) is 0. The molecule has 1 heterocycles. The van der Waals surface area contributed by atoms with Crippen LogP contribution in [0.2, 0.25) is 0 Å². The number of hydrogen-bond donors (Lipinski definition) is 2. The largest absolute Gasteiger partial charge is 0.370 e. The van der Waals surface area contributed by atoms with Crippen LogP contribution >= 0.6 is 24.0 Å². The molecule has 0 unspecified atom stereocenters. The number of guanidine groups is 1. The summed E-state index contributed by atoms with van der Waals surface area (Å²) in [6.07, 6.45) is 7.65. The number of nitrogens with two attached hydrogens (primary N) is 1. The number of aliphatic imine (C=N–C) groups is 1. The van der Waals surface area contributed by atoms with Gasteiger partial charge in [-0.2, -0.15) is 0 Å². The summed E-state index contributed by atoms with van der Waals surface area (Å²) in [6.45, 7) is 9.99. The number of carbonyl (C=O) groups excluding carboxylic acids is 1. The van der Waals surface area contributed by atoms with Crippen LogP contribution in [0.15, 0.2) is 4.99 Å². The van der Waals surface area contributed by atoms with Crippen molar-refractivity contribution in [2.75, 3.05) is 45.8 Å². The molecule has 7 heteroatoms. The molecular weight excluding hydrogens is 417 g/mol. The Hall–Kier alpha value is -0.570. The zero-order chi connectivity index (χ0) is 16.9. The normalized spacial score (nSPS) is 15.9. The van der Waals surface area contributed by atoms with Crippen molar-refractivity contribution in [3.05, 3.63) is 0 Å². The Morgan fingerprint density at radius 1 is 1.08 bits per heavy atom. The van der Waals surface area contributed by atoms with Gasteiger partial charge >= 0.3 is 0 Å². The van der Waals surface area contributed by atoms with Crippen LogP contribution in [0.25, 0.3) is 0 Å². The van der Waals surface area contributed by atoms with Gasteiger partial charge in [0.1, 0.15) is 0 Å². The molecule has 1 aliphatic rings. The highest BCUT2D eigenvalue weighted by Gasteiger charge is 2.17. The van der Waals surface area contributed by atoms with E-state index in [0.717, 1.165) is 52.2 Å². The number of halogens is 1. The quantitative estimate of drug-likeness (QED) is 0.230. The van der Waals surface area contributed by atoms with E-state index in [0.29, 0.717) is 5.96 Å². The highest BCUT2D eigenvalue weighted by atomic mass is 127. The molecule has 0 radical (unpaired) electrons. The van der Waals surface area contributed by atoms with Crippen LogP contribution < -0.4 is 11.1 Å². The van der Waals surface area contributed by atoms with E-state index in [-0.39, 0.29) is 29.9 Å². The molecule has 0 aromatic carbocycles. The zero-order valence-electron chi connectivity index (χ0n) is 15.4. The molecule has 6 nitrogen and oxygen atoms in total. The second-order valence-corrected chi connectivity index (χ2v) is 6.31. The van der Waals surface area contributed by atoms with Crippen LogP contribution in [0.3, 0.4) is 0 Å². The monoisotopic (exact) mass is 453 g/mol. The van der Waals surface area contributed by atoms with Gasteiger partial charge in [0, 0.05) is 52.7 Å². The Kier molecular flexibility index (Phi) is 14.4. The minimum atomic E-state index is 0. The minimum Gasteiger partial charge on any atom is -0.370 e. The van der Waals surface area contributed by atoms with Gasteiger partial charge in [-0.1, -0.05) is 39.0 Å². The minimum absolute atomic E-state index is 0. The van der Waals surface area contributed by atoms with Gasteiger partial charge < -0.3 is 16.0 Å². The number of nitrogens with zero attached hydrogens (tertiary/aromatic N) is 3. The number of carbonyl (C=O) groups is 1. The molecule has 24 heavy (non-hydrogen) atoms. The van der Waals surface area contributed by atoms with Gasteiger partial charge in [-0.25, -0.2) is 0 Å². The molecular formula is C17H36IN5O. The lowest BCUT2D eigenvalue weighted by molar-refractivity contribution is -0.130. The predicted octanol–water partition coefficient (Wildman–Crippen LogP) is 2.03.